The predicted octanol–water partition coefficient (Wildman–Crippen LogP) is 1.16. The molecule has 2 heterocycles. The highest BCUT2D eigenvalue weighted by atomic mass is 79.9. The Hall–Kier alpha value is 0.150. The molecule has 2 unspecified atom stereocenters. The predicted molar refractivity (Wildman–Crippen MR) is 41.9 cm³/mol. The topological polar surface area (TPSA) is 15.2 Å². The molecule has 2 aliphatic rings. The molecule has 13 heavy (non-hydrogen) atoms. The van der Waals surface area contributed by atoms with Crippen LogP contribution in [0.2, 0.25) is 0 Å². The molecule has 0 radical (unpaired) electrons. The fourth-order valence-electron chi connectivity index (χ4n) is 1.06. The number of hydrazine groups is 1. The van der Waals surface area contributed by atoms with Crippen LogP contribution in [0.5, 0.6) is 0 Å². The maximum absolute atomic E-state index is 11.8. The molecule has 2 aliphatic heterocycles. The average molecular weight is 261 g/mol. The van der Waals surface area contributed by atoms with E-state index in [2.05, 4.69) is 15.9 Å². The van der Waals surface area contributed by atoms with Gasteiger partial charge in [0.25, 0.3) is 0 Å². The minimum Gasteiger partial charge on any atom is -0.339 e. The van der Waals surface area contributed by atoms with Gasteiger partial charge in [-0.1, -0.05) is 0 Å². The number of hydrogen-bond donors (Lipinski definition) is 0. The maximum atomic E-state index is 11.8. The summed E-state index contributed by atoms with van der Waals surface area (Å²) in [7, 11) is 0. The molecule has 2 fully saturated rings. The molecule has 0 N–H and O–H groups in total. The van der Waals surface area contributed by atoms with Crippen molar-refractivity contribution in [3.8, 4) is 0 Å². The van der Waals surface area contributed by atoms with Crippen molar-refractivity contribution in [2.45, 2.75) is 10.8 Å². The quantitative estimate of drug-likeness (QED) is 0.430. The van der Waals surface area contributed by atoms with E-state index in [4.69, 9.17) is 4.74 Å². The molecule has 2 atom stereocenters. The zero-order valence-corrected chi connectivity index (χ0v) is 8.23. The van der Waals surface area contributed by atoms with E-state index in [9.17, 15) is 13.2 Å². The fourth-order valence-corrected chi connectivity index (χ4v) is 1.64. The van der Waals surface area contributed by atoms with Gasteiger partial charge < -0.3 is 4.74 Å². The van der Waals surface area contributed by atoms with Crippen LogP contribution in [-0.4, -0.2) is 47.1 Å². The summed E-state index contributed by atoms with van der Waals surface area (Å²) in [5.74, 6) is 0. The molecule has 0 aromatic heterocycles. The van der Waals surface area contributed by atoms with Gasteiger partial charge in [-0.2, -0.15) is 18.2 Å². The van der Waals surface area contributed by atoms with E-state index in [1.165, 1.54) is 0 Å². The third-order valence-corrected chi connectivity index (χ3v) is 2.74. The minimum absolute atomic E-state index is 0.489. The third-order valence-electron chi connectivity index (χ3n) is 1.85. The summed E-state index contributed by atoms with van der Waals surface area (Å²) in [5.41, 5.74) is 0. The Kier molecular flexibility index (Phi) is 2.10. The van der Waals surface area contributed by atoms with E-state index in [1.54, 1.807) is 5.01 Å². The Balaban J connectivity index is 1.76. The third kappa shape index (κ3) is 2.34. The normalized spacial score (nSPS) is 39.2. The van der Waals surface area contributed by atoms with Gasteiger partial charge in [0.15, 0.2) is 0 Å². The Morgan fingerprint density at radius 1 is 1.38 bits per heavy atom. The fraction of sp³-hybridized carbons (Fsp3) is 1.00. The molecule has 0 spiro atoms. The molecule has 2 rings (SSSR count). The Bertz CT molecular complexity index is 220. The van der Waals surface area contributed by atoms with E-state index >= 15 is 0 Å². The monoisotopic (exact) mass is 260 g/mol. The summed E-state index contributed by atoms with van der Waals surface area (Å²) < 4.78 is 39.1. The second-order valence-corrected chi connectivity index (χ2v) is 4.34. The molecule has 0 saturated carbocycles. The molecule has 0 aromatic rings. The van der Waals surface area contributed by atoms with Crippen molar-refractivity contribution in [1.29, 1.82) is 0 Å². The lowest BCUT2D eigenvalue weighted by atomic mass is 10.7. The molecule has 3 nitrogen and oxygen atoms in total. The Morgan fingerprint density at radius 2 is 2.00 bits per heavy atom. The van der Waals surface area contributed by atoms with Gasteiger partial charge in [0, 0.05) is 13.1 Å². The molecule has 0 bridgehead atoms. The smallest absolute Gasteiger partial charge is 0.339 e. The highest BCUT2D eigenvalue weighted by Crippen LogP contribution is 2.44. The van der Waals surface area contributed by atoms with E-state index in [-0.39, 0.29) is 0 Å². The highest BCUT2D eigenvalue weighted by Gasteiger charge is 2.58. The molecule has 0 aliphatic carbocycles. The van der Waals surface area contributed by atoms with Crippen LogP contribution in [0.4, 0.5) is 13.2 Å². The van der Waals surface area contributed by atoms with Crippen LogP contribution in [0.3, 0.4) is 0 Å². The molecule has 7 heteroatoms. The van der Waals surface area contributed by atoms with Gasteiger partial charge >= 0.3 is 6.18 Å². The van der Waals surface area contributed by atoms with Gasteiger partial charge in [-0.25, -0.2) is 5.01 Å². The van der Waals surface area contributed by atoms with Gasteiger partial charge in [0.05, 0.1) is 6.54 Å². The Morgan fingerprint density at radius 3 is 2.46 bits per heavy atom. The van der Waals surface area contributed by atoms with Crippen molar-refractivity contribution in [2.24, 2.45) is 0 Å². The molecular weight excluding hydrogens is 253 g/mol. The van der Waals surface area contributed by atoms with E-state index in [0.29, 0.717) is 6.54 Å². The van der Waals surface area contributed by atoms with E-state index in [0.717, 1.165) is 13.1 Å². The van der Waals surface area contributed by atoms with Gasteiger partial charge in [-0.3, -0.25) is 0 Å². The Labute approximate surface area is 81.5 Å². The number of rotatable bonds is 3. The standard InChI is InChI=1S/C6H8BrF3N2O/c7-5(13-4-6(8,9)10)3-12(5)11-1-2-11/h1-4H2. The first-order valence-corrected chi connectivity index (χ1v) is 4.62. The average Bonchev–Trinajstić information content (AvgIpc) is 2.77. The lowest BCUT2D eigenvalue weighted by Crippen LogP contribution is -2.26. The van der Waals surface area contributed by atoms with Crippen LogP contribution in [0, 0.1) is 0 Å². The van der Waals surface area contributed by atoms with Crippen molar-refractivity contribution in [3.63, 3.8) is 0 Å². The molecule has 0 amide bonds. The van der Waals surface area contributed by atoms with Crippen molar-refractivity contribution in [3.05, 3.63) is 0 Å². The van der Waals surface area contributed by atoms with Gasteiger partial charge in [-0.05, 0) is 15.9 Å². The van der Waals surface area contributed by atoms with Crippen molar-refractivity contribution in [2.75, 3.05) is 26.2 Å². The van der Waals surface area contributed by atoms with Crippen LogP contribution in [-0.2, 0) is 4.74 Å². The summed E-state index contributed by atoms with van der Waals surface area (Å²) >= 11 is 3.11. The van der Waals surface area contributed by atoms with E-state index in [1.807, 2.05) is 5.01 Å². The molecule has 76 valence electrons. The van der Waals surface area contributed by atoms with Crippen molar-refractivity contribution in [1.82, 2.24) is 10.0 Å². The van der Waals surface area contributed by atoms with Gasteiger partial charge in [0.2, 0.25) is 4.63 Å². The zero-order valence-electron chi connectivity index (χ0n) is 6.64. The number of alkyl halides is 4. The van der Waals surface area contributed by atoms with Gasteiger partial charge in [0.1, 0.15) is 6.61 Å². The number of halogens is 4. The summed E-state index contributed by atoms with van der Waals surface area (Å²) in [4.78, 5) is 0. The maximum Gasteiger partial charge on any atom is 0.411 e. The molecular formula is C6H8BrF3N2O. The van der Waals surface area contributed by atoms with Crippen LogP contribution in [0.25, 0.3) is 0 Å². The zero-order chi connectivity index (χ0) is 9.69. The van der Waals surface area contributed by atoms with E-state index < -0.39 is 17.4 Å². The first-order chi connectivity index (χ1) is 5.91. The van der Waals surface area contributed by atoms with Crippen LogP contribution in [0.15, 0.2) is 0 Å². The number of ether oxygens (including phenoxy) is 1. The summed E-state index contributed by atoms with van der Waals surface area (Å²) in [6, 6.07) is 0. The number of hydrogen-bond acceptors (Lipinski definition) is 3. The molecule has 0 aromatic carbocycles. The summed E-state index contributed by atoms with van der Waals surface area (Å²) in [5, 5.41) is 3.66. The lowest BCUT2D eigenvalue weighted by molar-refractivity contribution is -0.186. The van der Waals surface area contributed by atoms with Gasteiger partial charge in [-0.15, -0.1) is 0 Å². The highest BCUT2D eigenvalue weighted by molar-refractivity contribution is 9.10. The second kappa shape index (κ2) is 2.82. The lowest BCUT2D eigenvalue weighted by Gasteiger charge is -2.13. The minimum atomic E-state index is -4.26. The SMILES string of the molecule is FC(F)(F)COC1(Br)CN1N1CC1. The first-order valence-electron chi connectivity index (χ1n) is 3.83. The van der Waals surface area contributed by atoms with Crippen molar-refractivity contribution < 1.29 is 17.9 Å². The van der Waals surface area contributed by atoms with Crippen molar-refractivity contribution >= 4 is 15.9 Å². The van der Waals surface area contributed by atoms with Crippen LogP contribution in [0.1, 0.15) is 0 Å². The largest absolute Gasteiger partial charge is 0.411 e. The summed E-state index contributed by atoms with van der Waals surface area (Å²) in [6.07, 6.45) is -4.26. The number of nitrogens with zero attached hydrogens (tertiary/aromatic N) is 2. The first kappa shape index (κ1) is 9.70. The second-order valence-electron chi connectivity index (χ2n) is 3.10. The summed E-state index contributed by atoms with van der Waals surface area (Å²) in [6.45, 7) is 1.09. The van der Waals surface area contributed by atoms with Crippen LogP contribution >= 0.6 is 15.9 Å². The molecule has 2 saturated heterocycles. The van der Waals surface area contributed by atoms with Crippen LogP contribution < -0.4 is 0 Å².